The first kappa shape index (κ1) is 14.7. The molecule has 0 N–H and O–H groups in total. The molecule has 0 aliphatic carbocycles. The molecule has 0 amide bonds. The average Bonchev–Trinajstić information content (AvgIpc) is 2.89. The Hall–Kier alpha value is -1.72. The Morgan fingerprint density at radius 2 is 2.05 bits per heavy atom. The quantitative estimate of drug-likeness (QED) is 0.606. The maximum atomic E-state index is 11.3. The van der Waals surface area contributed by atoms with Gasteiger partial charge in [0.25, 0.3) is 0 Å². The van der Waals surface area contributed by atoms with Crippen LogP contribution >= 0.6 is 11.3 Å². The third-order valence-corrected chi connectivity index (χ3v) is 3.96. The van der Waals surface area contributed by atoms with E-state index in [1.165, 1.54) is 12.0 Å². The van der Waals surface area contributed by atoms with Gasteiger partial charge in [-0.1, -0.05) is 12.1 Å². The second-order valence-electron chi connectivity index (χ2n) is 4.35. The minimum atomic E-state index is -0.321. The molecule has 1 heterocycles. The first-order chi connectivity index (χ1) is 9.70. The number of hydrogen-bond acceptors (Lipinski definition) is 5. The zero-order chi connectivity index (χ0) is 14.4. The van der Waals surface area contributed by atoms with Gasteiger partial charge in [-0.15, -0.1) is 11.3 Å². The Labute approximate surface area is 122 Å². The molecule has 106 valence electrons. The average molecular weight is 291 g/mol. The lowest BCUT2D eigenvalue weighted by Gasteiger charge is -2.05. The molecule has 0 radical (unpaired) electrons. The lowest BCUT2D eigenvalue weighted by Crippen LogP contribution is -2.02. The molecule has 0 saturated heterocycles. The van der Waals surface area contributed by atoms with E-state index in [-0.39, 0.29) is 5.97 Å². The lowest BCUT2D eigenvalue weighted by atomic mass is 10.1. The fourth-order valence-corrected chi connectivity index (χ4v) is 2.54. The van der Waals surface area contributed by atoms with Crippen molar-refractivity contribution in [3.63, 3.8) is 0 Å². The summed E-state index contributed by atoms with van der Waals surface area (Å²) in [7, 11) is 1.38. The van der Waals surface area contributed by atoms with Gasteiger partial charge in [-0.2, -0.15) is 0 Å². The number of aromatic nitrogens is 1. The highest BCUT2D eigenvalue weighted by Crippen LogP contribution is 2.13. The fraction of sp³-hybridized carbons (Fsp3) is 0.333. The summed E-state index contributed by atoms with van der Waals surface area (Å²) in [6, 6.07) is 7.25. The van der Waals surface area contributed by atoms with E-state index in [1.807, 2.05) is 24.6 Å². The van der Waals surface area contributed by atoms with Crippen LogP contribution in [0.5, 0.6) is 0 Å². The highest BCUT2D eigenvalue weighted by Gasteiger charge is 2.05. The van der Waals surface area contributed by atoms with Crippen molar-refractivity contribution in [2.75, 3.05) is 13.7 Å². The second kappa shape index (κ2) is 7.17. The fourth-order valence-electron chi connectivity index (χ4n) is 1.78. The Kier molecular flexibility index (Phi) is 5.26. The minimum absolute atomic E-state index is 0.321. The summed E-state index contributed by atoms with van der Waals surface area (Å²) in [5.41, 5.74) is 4.53. The zero-order valence-corrected chi connectivity index (χ0v) is 12.4. The van der Waals surface area contributed by atoms with Gasteiger partial charge >= 0.3 is 5.97 Å². The largest absolute Gasteiger partial charge is 0.465 e. The molecular weight excluding hydrogens is 274 g/mol. The van der Waals surface area contributed by atoms with E-state index in [4.69, 9.17) is 4.74 Å². The van der Waals surface area contributed by atoms with Crippen LogP contribution < -0.4 is 0 Å². The Morgan fingerprint density at radius 1 is 1.30 bits per heavy atom. The smallest absolute Gasteiger partial charge is 0.337 e. The Morgan fingerprint density at radius 3 is 2.65 bits per heavy atom. The Balaban J connectivity index is 1.77. The summed E-state index contributed by atoms with van der Waals surface area (Å²) in [4.78, 5) is 16.8. The van der Waals surface area contributed by atoms with E-state index in [2.05, 4.69) is 9.72 Å². The van der Waals surface area contributed by atoms with Gasteiger partial charge in [0.05, 0.1) is 37.1 Å². The van der Waals surface area contributed by atoms with E-state index >= 15 is 0 Å². The van der Waals surface area contributed by atoms with E-state index < -0.39 is 0 Å². The summed E-state index contributed by atoms with van der Waals surface area (Å²) in [6.07, 6.45) is 0.886. The van der Waals surface area contributed by atoms with Crippen molar-refractivity contribution < 1.29 is 14.3 Å². The van der Waals surface area contributed by atoms with Crippen LogP contribution in [0.2, 0.25) is 0 Å². The predicted octanol–water partition coefficient (Wildman–Crippen LogP) is 3.00. The number of ether oxygens (including phenoxy) is 2. The van der Waals surface area contributed by atoms with Crippen LogP contribution in [-0.2, 0) is 22.5 Å². The molecule has 2 aromatic rings. The van der Waals surface area contributed by atoms with Gasteiger partial charge in [-0.05, 0) is 24.6 Å². The van der Waals surface area contributed by atoms with Crippen LogP contribution in [0.15, 0.2) is 29.8 Å². The molecule has 0 aliphatic heterocycles. The van der Waals surface area contributed by atoms with Crippen molar-refractivity contribution in [2.45, 2.75) is 20.0 Å². The van der Waals surface area contributed by atoms with Gasteiger partial charge in [0, 0.05) is 11.3 Å². The zero-order valence-electron chi connectivity index (χ0n) is 11.6. The lowest BCUT2D eigenvalue weighted by molar-refractivity contribution is 0.0600. The number of rotatable bonds is 6. The third kappa shape index (κ3) is 3.88. The number of benzene rings is 1. The Bertz CT molecular complexity index is 563. The van der Waals surface area contributed by atoms with Gasteiger partial charge < -0.3 is 9.47 Å². The number of carbonyl (C=O) groups excluding carboxylic acids is 1. The maximum absolute atomic E-state index is 11.3. The van der Waals surface area contributed by atoms with E-state index in [1.54, 1.807) is 23.5 Å². The van der Waals surface area contributed by atoms with Gasteiger partial charge in [0.2, 0.25) is 0 Å². The number of aryl methyl sites for hydroxylation is 1. The van der Waals surface area contributed by atoms with Crippen LogP contribution in [0.1, 0.15) is 26.5 Å². The van der Waals surface area contributed by atoms with Gasteiger partial charge in [0.15, 0.2) is 0 Å². The molecule has 0 fully saturated rings. The highest BCUT2D eigenvalue weighted by atomic mass is 32.1. The first-order valence-corrected chi connectivity index (χ1v) is 7.22. The number of thiazole rings is 1. The van der Waals surface area contributed by atoms with Crippen LogP contribution in [0.25, 0.3) is 0 Å². The van der Waals surface area contributed by atoms with Crippen molar-refractivity contribution >= 4 is 17.3 Å². The number of nitrogens with zero attached hydrogens (tertiary/aromatic N) is 1. The minimum Gasteiger partial charge on any atom is -0.465 e. The molecule has 0 spiro atoms. The molecule has 0 unspecified atom stereocenters. The predicted molar refractivity (Wildman–Crippen MR) is 78.0 cm³/mol. The summed E-state index contributed by atoms with van der Waals surface area (Å²) < 4.78 is 10.3. The summed E-state index contributed by atoms with van der Waals surface area (Å²) in [5.74, 6) is -0.321. The molecular formula is C15H17NO3S. The molecule has 0 saturated carbocycles. The first-order valence-electron chi connectivity index (χ1n) is 6.34. The number of methoxy groups -OCH3 is 1. The standard InChI is InChI=1S/C15H17NO3S/c1-11-14(20-10-16-11)7-8-19-9-12-3-5-13(6-4-12)15(17)18-2/h3-6,10H,7-9H2,1-2H3. The van der Waals surface area contributed by atoms with Crippen molar-refractivity contribution in [3.05, 3.63) is 51.5 Å². The van der Waals surface area contributed by atoms with Gasteiger partial charge in [-0.3, -0.25) is 0 Å². The van der Waals surface area contributed by atoms with Gasteiger partial charge in [0.1, 0.15) is 0 Å². The maximum Gasteiger partial charge on any atom is 0.337 e. The van der Waals surface area contributed by atoms with Gasteiger partial charge in [-0.25, -0.2) is 9.78 Å². The van der Waals surface area contributed by atoms with Crippen LogP contribution in [0.3, 0.4) is 0 Å². The molecule has 1 aromatic heterocycles. The molecule has 20 heavy (non-hydrogen) atoms. The molecule has 5 heteroatoms. The molecule has 0 aliphatic rings. The van der Waals surface area contributed by atoms with Crippen molar-refractivity contribution in [2.24, 2.45) is 0 Å². The van der Waals surface area contributed by atoms with Crippen molar-refractivity contribution in [1.82, 2.24) is 4.98 Å². The number of carbonyl (C=O) groups is 1. The molecule has 0 bridgehead atoms. The van der Waals surface area contributed by atoms with Crippen molar-refractivity contribution in [1.29, 1.82) is 0 Å². The topological polar surface area (TPSA) is 48.4 Å². The summed E-state index contributed by atoms with van der Waals surface area (Å²) >= 11 is 1.66. The van der Waals surface area contributed by atoms with E-state index in [0.29, 0.717) is 18.8 Å². The van der Waals surface area contributed by atoms with Crippen LogP contribution in [0.4, 0.5) is 0 Å². The second-order valence-corrected chi connectivity index (χ2v) is 5.29. The van der Waals surface area contributed by atoms with Crippen LogP contribution in [-0.4, -0.2) is 24.7 Å². The molecule has 4 nitrogen and oxygen atoms in total. The number of hydrogen-bond donors (Lipinski definition) is 0. The molecule has 0 atom stereocenters. The highest BCUT2D eigenvalue weighted by molar-refractivity contribution is 7.09. The monoisotopic (exact) mass is 291 g/mol. The van der Waals surface area contributed by atoms with E-state index in [0.717, 1.165) is 17.7 Å². The van der Waals surface area contributed by atoms with Crippen molar-refractivity contribution in [3.8, 4) is 0 Å². The number of esters is 1. The van der Waals surface area contributed by atoms with E-state index in [9.17, 15) is 4.79 Å². The molecule has 2 rings (SSSR count). The normalized spacial score (nSPS) is 10.5. The van der Waals surface area contributed by atoms with Crippen LogP contribution in [0, 0.1) is 6.92 Å². The SMILES string of the molecule is COC(=O)c1ccc(COCCc2scnc2C)cc1. The summed E-state index contributed by atoms with van der Waals surface area (Å²) in [5, 5.41) is 0. The summed E-state index contributed by atoms with van der Waals surface area (Å²) in [6.45, 7) is 3.22. The third-order valence-electron chi connectivity index (χ3n) is 2.96. The molecule has 1 aromatic carbocycles.